The number of nitrogens with zero attached hydrogens (tertiary/aromatic N) is 2. The number of hydrogen-bond acceptors (Lipinski definition) is 9. The largest absolute Gasteiger partial charge is 0.480 e. The Morgan fingerprint density at radius 1 is 1.41 bits per heavy atom. The number of hydrogen-bond donors (Lipinski definition) is 7. The molecule has 3 aliphatic rings. The monoisotopic (exact) mass is 404 g/mol. The van der Waals surface area contributed by atoms with Gasteiger partial charge in [0.1, 0.15) is 42.0 Å². The lowest BCUT2D eigenvalue weighted by Gasteiger charge is -2.26. The number of nitrogens with one attached hydrogen (secondary N) is 2. The molecule has 0 saturated carbocycles. The highest BCUT2D eigenvalue weighted by atomic mass is 32.2. The van der Waals surface area contributed by atoms with Crippen molar-refractivity contribution in [3.8, 4) is 0 Å². The van der Waals surface area contributed by atoms with Crippen LogP contribution in [-0.2, 0) is 20.4 Å². The average Bonchev–Trinajstić information content (AvgIpc) is 3.17. The Kier molecular flexibility index (Phi) is 6.23. The van der Waals surface area contributed by atoms with Gasteiger partial charge < -0.3 is 36.8 Å². The first-order valence-corrected chi connectivity index (χ1v) is 10.8. The van der Waals surface area contributed by atoms with Crippen LogP contribution in [0.1, 0.15) is 6.42 Å². The standard InChI is InChI=1S/C15H26N6O5S/c1-27(3-2-7(16)15(24)25)4-8-10(22)11(23)14(26-8)21-6-20-9-12(17)18-5-19-13(9)21/h5-14,22-23H,2-4,16-17H2,1H3,(H-,18,19,24,25)/p+2/t7-,8+,9+,10+,11+,12-,13-,14+,27?/m0/s1. The normalized spacial score (nSPS) is 39.9. The van der Waals surface area contributed by atoms with Crippen LogP contribution in [-0.4, -0.2) is 105 Å². The van der Waals surface area contributed by atoms with E-state index >= 15 is 0 Å². The fraction of sp³-hybridized carbons (Fsp3) is 0.800. The molecule has 0 amide bonds. The number of nitrogens with two attached hydrogens (primary N) is 2. The first-order valence-electron chi connectivity index (χ1n) is 8.79. The van der Waals surface area contributed by atoms with Crippen molar-refractivity contribution in [1.29, 1.82) is 0 Å². The zero-order valence-corrected chi connectivity index (χ0v) is 15.8. The van der Waals surface area contributed by atoms with E-state index in [1.807, 2.05) is 6.26 Å². The van der Waals surface area contributed by atoms with Crippen LogP contribution in [0.15, 0.2) is 4.99 Å². The lowest BCUT2D eigenvalue weighted by Crippen LogP contribution is -2.59. The molecule has 1 unspecified atom stereocenters. The second-order valence-corrected chi connectivity index (χ2v) is 9.39. The Balaban J connectivity index is 1.58. The molecule has 9 N–H and O–H groups in total. The van der Waals surface area contributed by atoms with Crippen LogP contribution in [0.3, 0.4) is 0 Å². The van der Waals surface area contributed by atoms with Crippen molar-refractivity contribution >= 4 is 29.5 Å². The number of aliphatic hydroxyl groups excluding tert-OH is 2. The van der Waals surface area contributed by atoms with E-state index in [9.17, 15) is 15.0 Å². The van der Waals surface area contributed by atoms with E-state index in [1.165, 1.54) is 6.34 Å². The molecule has 12 heteroatoms. The van der Waals surface area contributed by atoms with Crippen molar-refractivity contribution in [2.75, 3.05) is 17.8 Å². The maximum atomic E-state index is 10.8. The van der Waals surface area contributed by atoms with Gasteiger partial charge in [0, 0.05) is 6.42 Å². The van der Waals surface area contributed by atoms with E-state index in [0.29, 0.717) is 17.9 Å². The Bertz CT molecular complexity index is 622. The molecule has 0 radical (unpaired) electrons. The van der Waals surface area contributed by atoms with Crippen molar-refractivity contribution < 1.29 is 29.4 Å². The molecule has 1 fully saturated rings. The predicted molar refractivity (Wildman–Crippen MR) is 101 cm³/mol. The number of fused-ring (bicyclic) bond motifs is 1. The second-order valence-electron chi connectivity index (χ2n) is 7.08. The molecule has 27 heavy (non-hydrogen) atoms. The minimum Gasteiger partial charge on any atom is -0.480 e. The van der Waals surface area contributed by atoms with Crippen LogP contribution in [0.2, 0.25) is 0 Å². The maximum Gasteiger partial charge on any atom is 0.320 e. The van der Waals surface area contributed by atoms with Crippen molar-refractivity contribution in [3.63, 3.8) is 0 Å². The van der Waals surface area contributed by atoms with Gasteiger partial charge in [0.25, 0.3) is 0 Å². The molecule has 9 atom stereocenters. The average molecular weight is 404 g/mol. The van der Waals surface area contributed by atoms with Crippen LogP contribution < -0.4 is 22.1 Å². The van der Waals surface area contributed by atoms with E-state index in [0.717, 1.165) is 0 Å². The molecule has 1 saturated heterocycles. The highest BCUT2D eigenvalue weighted by Crippen LogP contribution is 2.27. The Morgan fingerprint density at radius 2 is 2.15 bits per heavy atom. The third kappa shape index (κ3) is 4.20. The predicted octanol–water partition coefficient (Wildman–Crippen LogP) is -4.26. The van der Waals surface area contributed by atoms with Crippen molar-refractivity contribution in [1.82, 2.24) is 10.6 Å². The lowest BCUT2D eigenvalue weighted by atomic mass is 10.1. The van der Waals surface area contributed by atoms with Gasteiger partial charge in [0.05, 0.1) is 12.6 Å². The third-order valence-electron chi connectivity index (χ3n) is 5.10. The maximum absolute atomic E-state index is 10.8. The zero-order valence-electron chi connectivity index (χ0n) is 15.0. The summed E-state index contributed by atoms with van der Waals surface area (Å²) in [6.07, 6.45) is 1.46. The SMILES string of the molecule is C[S+](CC[C@H](N)C(=O)O)C[C@H]1O[C@@H]([N+]2=CN[C@H]3[C@H]2N=CN[C@@H]3N)[C@H](O)[C@@H]1O. The minimum atomic E-state index is -1.09. The Labute approximate surface area is 159 Å². The van der Waals surface area contributed by atoms with E-state index in [2.05, 4.69) is 15.6 Å². The molecule has 0 spiro atoms. The summed E-state index contributed by atoms with van der Waals surface area (Å²) in [4.78, 5) is 15.2. The first kappa shape index (κ1) is 20.3. The van der Waals surface area contributed by atoms with Gasteiger partial charge in [0.2, 0.25) is 18.7 Å². The quantitative estimate of drug-likeness (QED) is 0.163. The topological polar surface area (TPSA) is 178 Å². The van der Waals surface area contributed by atoms with Gasteiger partial charge in [0.15, 0.2) is 6.04 Å². The number of carbonyl (C=O) groups is 1. The summed E-state index contributed by atoms with van der Waals surface area (Å²) in [6.45, 7) is 0. The van der Waals surface area contributed by atoms with Crippen LogP contribution in [0.25, 0.3) is 0 Å². The molecule has 3 aliphatic heterocycles. The van der Waals surface area contributed by atoms with E-state index in [1.54, 1.807) is 10.9 Å². The van der Waals surface area contributed by atoms with E-state index in [-0.39, 0.29) is 29.3 Å². The van der Waals surface area contributed by atoms with Crippen LogP contribution in [0.4, 0.5) is 0 Å². The van der Waals surface area contributed by atoms with E-state index < -0.39 is 36.6 Å². The number of aliphatic hydroxyl groups is 2. The summed E-state index contributed by atoms with van der Waals surface area (Å²) >= 11 is 0. The molecule has 0 aromatic rings. The summed E-state index contributed by atoms with van der Waals surface area (Å²) in [5.41, 5.74) is 11.5. The molecule has 3 rings (SSSR count). The first-order chi connectivity index (χ1) is 12.8. The van der Waals surface area contributed by atoms with Crippen LogP contribution in [0.5, 0.6) is 0 Å². The molecular weight excluding hydrogens is 376 g/mol. The molecule has 11 nitrogen and oxygen atoms in total. The highest BCUT2D eigenvalue weighted by Gasteiger charge is 2.53. The number of carboxylic acid groups (broad SMARTS) is 1. The molecular formula is C15H28N6O5S+2. The summed E-state index contributed by atoms with van der Waals surface area (Å²) in [5.74, 6) is 0.112. The Hall–Kier alpha value is -1.44. The second kappa shape index (κ2) is 8.29. The molecule has 0 aromatic heterocycles. The van der Waals surface area contributed by atoms with Crippen molar-refractivity contribution in [3.05, 3.63) is 0 Å². The molecule has 3 heterocycles. The number of rotatable bonds is 7. The van der Waals surface area contributed by atoms with E-state index in [4.69, 9.17) is 21.3 Å². The summed E-state index contributed by atoms with van der Waals surface area (Å²) < 4.78 is 7.70. The molecule has 152 valence electrons. The van der Waals surface area contributed by atoms with Crippen molar-refractivity contribution in [2.45, 2.75) is 55.4 Å². The Morgan fingerprint density at radius 3 is 2.85 bits per heavy atom. The lowest BCUT2D eigenvalue weighted by molar-refractivity contribution is -0.638. The highest BCUT2D eigenvalue weighted by molar-refractivity contribution is 7.96. The van der Waals surface area contributed by atoms with Gasteiger partial charge in [-0.15, -0.1) is 0 Å². The number of carboxylic acids is 1. The van der Waals surface area contributed by atoms with Gasteiger partial charge in [-0.1, -0.05) is 0 Å². The molecule has 0 aliphatic carbocycles. The van der Waals surface area contributed by atoms with Gasteiger partial charge in [-0.2, -0.15) is 0 Å². The summed E-state index contributed by atoms with van der Waals surface area (Å²) in [5, 5.41) is 35.8. The fourth-order valence-corrected chi connectivity index (χ4v) is 5.10. The van der Waals surface area contributed by atoms with Gasteiger partial charge in [-0.05, 0) is 10.9 Å². The number of ether oxygens (including phenoxy) is 1. The van der Waals surface area contributed by atoms with Crippen LogP contribution >= 0.6 is 0 Å². The van der Waals surface area contributed by atoms with Gasteiger partial charge >= 0.3 is 5.97 Å². The summed E-state index contributed by atoms with van der Waals surface area (Å²) in [7, 11) is -0.206. The molecule has 0 bridgehead atoms. The molecule has 0 aromatic carbocycles. The number of aliphatic imine (C=N–C) groups is 1. The summed E-state index contributed by atoms with van der Waals surface area (Å²) in [6, 6.07) is -1.06. The van der Waals surface area contributed by atoms with Crippen LogP contribution in [0, 0.1) is 0 Å². The third-order valence-corrected chi connectivity index (χ3v) is 6.93. The minimum absolute atomic E-state index is 0.166. The fourth-order valence-electron chi connectivity index (χ4n) is 3.44. The smallest absolute Gasteiger partial charge is 0.320 e. The van der Waals surface area contributed by atoms with Crippen molar-refractivity contribution in [2.24, 2.45) is 16.5 Å². The zero-order chi connectivity index (χ0) is 19.7. The van der Waals surface area contributed by atoms with Gasteiger partial charge in [-0.3, -0.25) is 10.1 Å². The van der Waals surface area contributed by atoms with Gasteiger partial charge in [-0.25, -0.2) is 9.57 Å². The number of aliphatic carboxylic acids is 1.